The first-order valence-corrected chi connectivity index (χ1v) is 12.0. The van der Waals surface area contributed by atoms with E-state index < -0.39 is 28.4 Å². The van der Waals surface area contributed by atoms with Gasteiger partial charge in [-0.15, -0.1) is 0 Å². The van der Waals surface area contributed by atoms with Gasteiger partial charge < -0.3 is 15.2 Å². The molecule has 0 unspecified atom stereocenters. The first-order valence-electron chi connectivity index (χ1n) is 10.5. The molecule has 0 bridgehead atoms. The highest BCUT2D eigenvalue weighted by molar-refractivity contribution is 7.90. The Labute approximate surface area is 174 Å². The predicted molar refractivity (Wildman–Crippen MR) is 109 cm³/mol. The van der Waals surface area contributed by atoms with Gasteiger partial charge in [-0.2, -0.15) is 9.29 Å². The molecule has 3 fully saturated rings. The summed E-state index contributed by atoms with van der Waals surface area (Å²) in [7, 11) is -3.37. The molecule has 3 aliphatic rings. The summed E-state index contributed by atoms with van der Waals surface area (Å²) in [5.74, 6) is 0.276. The first kappa shape index (κ1) is 20.1. The van der Waals surface area contributed by atoms with Crippen molar-refractivity contribution in [3.8, 4) is 0 Å². The number of hydrogen-bond donors (Lipinski definition) is 2. The molecule has 11 heteroatoms. The van der Waals surface area contributed by atoms with Gasteiger partial charge >= 0.3 is 0 Å². The van der Waals surface area contributed by atoms with Crippen LogP contribution in [0.1, 0.15) is 31.7 Å². The number of rotatable bonds is 5. The molecule has 0 radical (unpaired) electrons. The van der Waals surface area contributed by atoms with Gasteiger partial charge in [-0.25, -0.2) is 22.2 Å². The molecule has 30 heavy (non-hydrogen) atoms. The van der Waals surface area contributed by atoms with Crippen molar-refractivity contribution in [3.63, 3.8) is 0 Å². The highest BCUT2D eigenvalue weighted by Gasteiger charge is 2.43. The van der Waals surface area contributed by atoms with Gasteiger partial charge in [0.25, 0.3) is 0 Å². The second-order valence-corrected chi connectivity index (χ2v) is 10.6. The Morgan fingerprint density at radius 1 is 1.17 bits per heavy atom. The van der Waals surface area contributed by atoms with Gasteiger partial charge in [0.2, 0.25) is 16.0 Å². The summed E-state index contributed by atoms with van der Waals surface area (Å²) in [5.41, 5.74) is 0.617. The second-order valence-electron chi connectivity index (χ2n) is 8.43. The van der Waals surface area contributed by atoms with E-state index in [1.54, 1.807) is 6.20 Å². The van der Waals surface area contributed by atoms with Crippen molar-refractivity contribution in [3.05, 3.63) is 18.5 Å². The lowest BCUT2D eigenvalue weighted by atomic mass is 10.0. The van der Waals surface area contributed by atoms with Crippen molar-refractivity contribution in [1.82, 2.24) is 24.2 Å². The molecule has 164 valence electrons. The van der Waals surface area contributed by atoms with E-state index in [9.17, 15) is 17.2 Å². The van der Waals surface area contributed by atoms with Gasteiger partial charge in [-0.05, 0) is 38.3 Å². The summed E-state index contributed by atoms with van der Waals surface area (Å²) in [6.45, 7) is 1.20. The van der Waals surface area contributed by atoms with Crippen LogP contribution in [0.5, 0.6) is 0 Å². The third kappa shape index (κ3) is 3.67. The lowest BCUT2D eigenvalue weighted by Crippen LogP contribution is -2.50. The van der Waals surface area contributed by atoms with Gasteiger partial charge in [0.1, 0.15) is 18.0 Å². The Hall–Kier alpha value is -1.85. The molecular weight excluding hydrogens is 414 g/mol. The zero-order chi connectivity index (χ0) is 20.9. The molecule has 8 nitrogen and oxygen atoms in total. The molecule has 0 amide bonds. The normalized spacial score (nSPS) is 31.1. The quantitative estimate of drug-likeness (QED) is 0.734. The number of fused-ring (bicyclic) bond motifs is 1. The van der Waals surface area contributed by atoms with Crippen LogP contribution in [0.3, 0.4) is 0 Å². The molecule has 1 saturated carbocycles. The van der Waals surface area contributed by atoms with Gasteiger partial charge in [0.15, 0.2) is 0 Å². The summed E-state index contributed by atoms with van der Waals surface area (Å²) < 4.78 is 57.0. The van der Waals surface area contributed by atoms with Gasteiger partial charge in [0, 0.05) is 37.4 Å². The summed E-state index contributed by atoms with van der Waals surface area (Å²) in [6, 6.07) is 0.994. The van der Waals surface area contributed by atoms with E-state index in [2.05, 4.69) is 20.6 Å². The molecule has 4 heterocycles. The van der Waals surface area contributed by atoms with E-state index in [4.69, 9.17) is 0 Å². The largest absolute Gasteiger partial charge is 0.348 e. The number of aromatic nitrogens is 3. The van der Waals surface area contributed by atoms with E-state index in [0.29, 0.717) is 37.9 Å². The molecule has 5 rings (SSSR count). The van der Waals surface area contributed by atoms with Crippen LogP contribution in [0.15, 0.2) is 18.5 Å². The third-order valence-electron chi connectivity index (χ3n) is 6.31. The van der Waals surface area contributed by atoms with Crippen molar-refractivity contribution in [2.24, 2.45) is 0 Å². The molecule has 2 aromatic rings. The Bertz CT molecular complexity index is 1030. The molecular formula is C19H26F2N6O2S. The summed E-state index contributed by atoms with van der Waals surface area (Å²) in [6.07, 6.45) is 3.46. The van der Waals surface area contributed by atoms with E-state index in [0.717, 1.165) is 11.9 Å². The van der Waals surface area contributed by atoms with Crippen LogP contribution in [0.4, 0.5) is 14.7 Å². The minimum atomic E-state index is -3.37. The number of anilines is 1. The number of nitrogens with one attached hydrogen (secondary N) is 2. The number of nitrogens with zero attached hydrogens (tertiary/aromatic N) is 4. The topological polar surface area (TPSA) is 92.2 Å². The fraction of sp³-hybridized carbons (Fsp3) is 0.684. The standard InChI is InChI=1S/C19H26F2N6O2S/c20-14-10-22-6-3-17(14)27-8-4-12-9-23-19(25-18(12)27)24-16-5-7-26(11-15(16)21)30(28,29)13-1-2-13/h4,8-9,13-17,22H,1-3,5-7,10-11H2,(H,23,24,25)/t14-,15-,16-,17+/m1/s1. The van der Waals surface area contributed by atoms with E-state index in [1.165, 1.54) is 4.31 Å². The summed E-state index contributed by atoms with van der Waals surface area (Å²) in [5, 5.41) is 6.55. The summed E-state index contributed by atoms with van der Waals surface area (Å²) in [4.78, 5) is 8.81. The zero-order valence-corrected chi connectivity index (χ0v) is 17.4. The molecule has 0 spiro atoms. The number of halogens is 2. The maximum absolute atomic E-state index is 14.8. The fourth-order valence-corrected chi connectivity index (χ4v) is 6.27. The number of alkyl halides is 2. The van der Waals surface area contributed by atoms with Crippen molar-refractivity contribution in [1.29, 1.82) is 0 Å². The minimum Gasteiger partial charge on any atom is -0.348 e. The van der Waals surface area contributed by atoms with Crippen molar-refractivity contribution in [2.75, 3.05) is 31.5 Å². The van der Waals surface area contributed by atoms with Crippen LogP contribution < -0.4 is 10.6 Å². The molecule has 2 saturated heterocycles. The van der Waals surface area contributed by atoms with Crippen LogP contribution in [-0.2, 0) is 10.0 Å². The van der Waals surface area contributed by atoms with Crippen LogP contribution in [0.2, 0.25) is 0 Å². The number of hydrogen-bond acceptors (Lipinski definition) is 6. The highest BCUT2D eigenvalue weighted by Crippen LogP contribution is 2.33. The lowest BCUT2D eigenvalue weighted by Gasteiger charge is -2.34. The smallest absolute Gasteiger partial charge is 0.224 e. The SMILES string of the molecule is O=S(=O)(C1CC1)N1CC[C@@H](Nc2ncc3ccn([C@H]4CCNC[C@H]4F)c3n2)[C@H](F)C1. The Kier molecular flexibility index (Phi) is 5.14. The molecule has 4 atom stereocenters. The van der Waals surface area contributed by atoms with Crippen molar-refractivity contribution < 1.29 is 17.2 Å². The second kappa shape index (κ2) is 7.69. The average molecular weight is 441 g/mol. The van der Waals surface area contributed by atoms with Gasteiger partial charge in [-0.3, -0.25) is 0 Å². The Balaban J connectivity index is 1.31. The van der Waals surface area contributed by atoms with Crippen LogP contribution in [-0.4, -0.2) is 77.1 Å². The van der Waals surface area contributed by atoms with E-state index >= 15 is 0 Å². The maximum Gasteiger partial charge on any atom is 0.224 e. The molecule has 2 N–H and O–H groups in total. The molecule has 0 aromatic carbocycles. The van der Waals surface area contributed by atoms with E-state index in [-0.39, 0.29) is 30.3 Å². The molecule has 2 aromatic heterocycles. The van der Waals surface area contributed by atoms with Crippen molar-refractivity contribution >= 4 is 27.0 Å². The average Bonchev–Trinajstić information content (AvgIpc) is 3.51. The molecule has 2 aliphatic heterocycles. The lowest BCUT2D eigenvalue weighted by molar-refractivity contribution is 0.185. The summed E-state index contributed by atoms with van der Waals surface area (Å²) >= 11 is 0. The monoisotopic (exact) mass is 440 g/mol. The maximum atomic E-state index is 14.8. The highest BCUT2D eigenvalue weighted by atomic mass is 32.2. The fourth-order valence-electron chi connectivity index (χ4n) is 4.41. The first-order chi connectivity index (χ1) is 14.4. The van der Waals surface area contributed by atoms with Gasteiger partial charge in [0.05, 0.1) is 17.3 Å². The third-order valence-corrected chi connectivity index (χ3v) is 8.68. The Morgan fingerprint density at radius 2 is 2.00 bits per heavy atom. The van der Waals surface area contributed by atoms with Crippen LogP contribution >= 0.6 is 0 Å². The minimum absolute atomic E-state index is 0.145. The number of sulfonamides is 1. The van der Waals surface area contributed by atoms with E-state index in [1.807, 2.05) is 16.8 Å². The van der Waals surface area contributed by atoms with Gasteiger partial charge in [-0.1, -0.05) is 0 Å². The van der Waals surface area contributed by atoms with Crippen molar-refractivity contribution in [2.45, 2.75) is 55.4 Å². The zero-order valence-electron chi connectivity index (χ0n) is 16.5. The Morgan fingerprint density at radius 3 is 2.73 bits per heavy atom. The van der Waals surface area contributed by atoms with Crippen LogP contribution in [0.25, 0.3) is 11.0 Å². The molecule has 1 aliphatic carbocycles. The number of piperidine rings is 2. The van der Waals surface area contributed by atoms with Crippen LogP contribution in [0, 0.1) is 0 Å². The predicted octanol–water partition coefficient (Wildman–Crippen LogP) is 1.62.